The van der Waals surface area contributed by atoms with Crippen LogP contribution in [-0.4, -0.2) is 30.4 Å². The van der Waals surface area contributed by atoms with Gasteiger partial charge in [0.15, 0.2) is 0 Å². The SMILES string of the molecule is CCO[C@@H]1CC[C@@H](Cc2c(C)[nH]c3cc(F)ccc23)OC1. The van der Waals surface area contributed by atoms with E-state index < -0.39 is 0 Å². The van der Waals surface area contributed by atoms with Gasteiger partial charge < -0.3 is 14.5 Å². The standard InChI is InChI=1S/C17H22FNO2/c1-3-20-14-6-5-13(21-10-14)9-16-11(2)19-17-8-12(18)4-7-15(16)17/h4,7-8,13-14,19H,3,5-6,9-10H2,1-2H3/t13-,14+/m0/s1. The number of hydrogen-bond acceptors (Lipinski definition) is 2. The third-order valence-electron chi connectivity index (χ3n) is 4.24. The molecule has 21 heavy (non-hydrogen) atoms. The van der Waals surface area contributed by atoms with Gasteiger partial charge in [0.05, 0.1) is 18.8 Å². The minimum atomic E-state index is -0.205. The molecule has 1 fully saturated rings. The van der Waals surface area contributed by atoms with Gasteiger partial charge in [0.2, 0.25) is 0 Å². The van der Waals surface area contributed by atoms with Gasteiger partial charge in [-0.25, -0.2) is 4.39 Å². The highest BCUT2D eigenvalue weighted by molar-refractivity contribution is 5.84. The Kier molecular flexibility index (Phi) is 4.27. The Bertz CT molecular complexity index is 615. The lowest BCUT2D eigenvalue weighted by Gasteiger charge is -2.29. The summed E-state index contributed by atoms with van der Waals surface area (Å²) < 4.78 is 24.8. The first-order chi connectivity index (χ1) is 10.2. The van der Waals surface area contributed by atoms with E-state index in [2.05, 4.69) is 4.98 Å². The zero-order valence-corrected chi connectivity index (χ0v) is 12.6. The van der Waals surface area contributed by atoms with Crippen LogP contribution in [0.25, 0.3) is 10.9 Å². The van der Waals surface area contributed by atoms with Gasteiger partial charge in [0.1, 0.15) is 5.82 Å². The molecule has 0 amide bonds. The van der Waals surface area contributed by atoms with E-state index in [4.69, 9.17) is 9.47 Å². The van der Waals surface area contributed by atoms with Crippen LogP contribution in [-0.2, 0) is 15.9 Å². The lowest BCUT2D eigenvalue weighted by Crippen LogP contribution is -2.32. The predicted molar refractivity (Wildman–Crippen MR) is 81.1 cm³/mol. The first kappa shape index (κ1) is 14.5. The molecule has 0 spiro atoms. The monoisotopic (exact) mass is 291 g/mol. The summed E-state index contributed by atoms with van der Waals surface area (Å²) in [6.45, 7) is 5.47. The summed E-state index contributed by atoms with van der Waals surface area (Å²) in [5.74, 6) is -0.205. The summed E-state index contributed by atoms with van der Waals surface area (Å²) in [5, 5.41) is 1.10. The van der Waals surface area contributed by atoms with Crippen molar-refractivity contribution in [2.75, 3.05) is 13.2 Å². The fourth-order valence-electron chi connectivity index (χ4n) is 3.16. The Labute approximate surface area is 124 Å². The van der Waals surface area contributed by atoms with E-state index in [1.807, 2.05) is 19.9 Å². The molecular weight excluding hydrogens is 269 g/mol. The predicted octanol–water partition coefficient (Wildman–Crippen LogP) is 3.74. The molecule has 1 N–H and O–H groups in total. The molecule has 0 radical (unpaired) electrons. The fourth-order valence-corrected chi connectivity index (χ4v) is 3.16. The molecule has 1 aromatic heterocycles. The number of fused-ring (bicyclic) bond motifs is 1. The molecular formula is C17H22FNO2. The van der Waals surface area contributed by atoms with Crippen LogP contribution in [0.3, 0.4) is 0 Å². The molecule has 1 aromatic carbocycles. The number of ether oxygens (including phenoxy) is 2. The van der Waals surface area contributed by atoms with Crippen molar-refractivity contribution in [2.45, 2.75) is 45.3 Å². The molecule has 0 unspecified atom stereocenters. The Morgan fingerprint density at radius 1 is 1.38 bits per heavy atom. The second kappa shape index (κ2) is 6.16. The van der Waals surface area contributed by atoms with Gasteiger partial charge in [-0.05, 0) is 50.5 Å². The average molecular weight is 291 g/mol. The van der Waals surface area contributed by atoms with Crippen LogP contribution < -0.4 is 0 Å². The van der Waals surface area contributed by atoms with Crippen LogP contribution in [0.2, 0.25) is 0 Å². The van der Waals surface area contributed by atoms with E-state index in [-0.39, 0.29) is 18.0 Å². The molecule has 4 heteroatoms. The maximum Gasteiger partial charge on any atom is 0.125 e. The minimum Gasteiger partial charge on any atom is -0.376 e. The molecule has 1 aliphatic rings. The Balaban J connectivity index is 1.72. The first-order valence-corrected chi connectivity index (χ1v) is 7.67. The molecule has 2 aromatic rings. The Hall–Kier alpha value is -1.39. The van der Waals surface area contributed by atoms with E-state index >= 15 is 0 Å². The summed E-state index contributed by atoms with van der Waals surface area (Å²) in [6.07, 6.45) is 3.40. The second-order valence-corrected chi connectivity index (χ2v) is 5.73. The number of H-pyrrole nitrogens is 1. The molecule has 0 bridgehead atoms. The van der Waals surface area contributed by atoms with Crippen molar-refractivity contribution in [3.05, 3.63) is 35.3 Å². The van der Waals surface area contributed by atoms with Crippen molar-refractivity contribution >= 4 is 10.9 Å². The van der Waals surface area contributed by atoms with E-state index in [1.54, 1.807) is 6.07 Å². The van der Waals surface area contributed by atoms with Crippen LogP contribution in [0.15, 0.2) is 18.2 Å². The smallest absolute Gasteiger partial charge is 0.125 e. The van der Waals surface area contributed by atoms with Crippen molar-refractivity contribution in [3.63, 3.8) is 0 Å². The second-order valence-electron chi connectivity index (χ2n) is 5.73. The molecule has 2 heterocycles. The summed E-state index contributed by atoms with van der Waals surface area (Å²) in [4.78, 5) is 3.27. The highest BCUT2D eigenvalue weighted by Crippen LogP contribution is 2.27. The van der Waals surface area contributed by atoms with Gasteiger partial charge in [0, 0.05) is 29.6 Å². The summed E-state index contributed by atoms with van der Waals surface area (Å²) in [7, 11) is 0. The van der Waals surface area contributed by atoms with Crippen LogP contribution in [0, 0.1) is 12.7 Å². The Morgan fingerprint density at radius 3 is 2.95 bits per heavy atom. The van der Waals surface area contributed by atoms with Crippen LogP contribution in [0.4, 0.5) is 4.39 Å². The summed E-state index contributed by atoms with van der Waals surface area (Å²) in [6, 6.07) is 4.93. The van der Waals surface area contributed by atoms with Crippen molar-refractivity contribution in [1.82, 2.24) is 4.98 Å². The van der Waals surface area contributed by atoms with Crippen molar-refractivity contribution < 1.29 is 13.9 Å². The topological polar surface area (TPSA) is 34.2 Å². The number of halogens is 1. The molecule has 1 saturated heterocycles. The number of aryl methyl sites for hydroxylation is 1. The third-order valence-corrected chi connectivity index (χ3v) is 4.24. The van der Waals surface area contributed by atoms with Gasteiger partial charge in [-0.15, -0.1) is 0 Å². The van der Waals surface area contributed by atoms with E-state index in [0.29, 0.717) is 6.61 Å². The van der Waals surface area contributed by atoms with E-state index in [9.17, 15) is 4.39 Å². The van der Waals surface area contributed by atoms with Crippen LogP contribution >= 0.6 is 0 Å². The number of aromatic amines is 1. The number of aromatic nitrogens is 1. The van der Waals surface area contributed by atoms with Gasteiger partial charge in [-0.3, -0.25) is 0 Å². The lowest BCUT2D eigenvalue weighted by atomic mass is 9.98. The molecule has 2 atom stereocenters. The summed E-state index contributed by atoms with van der Waals surface area (Å²) >= 11 is 0. The third kappa shape index (κ3) is 3.11. The zero-order valence-electron chi connectivity index (χ0n) is 12.6. The van der Waals surface area contributed by atoms with E-state index in [0.717, 1.165) is 42.5 Å². The molecule has 114 valence electrons. The van der Waals surface area contributed by atoms with Crippen molar-refractivity contribution in [3.8, 4) is 0 Å². The zero-order chi connectivity index (χ0) is 14.8. The molecule has 3 rings (SSSR count). The van der Waals surface area contributed by atoms with E-state index in [1.165, 1.54) is 11.6 Å². The van der Waals surface area contributed by atoms with Crippen molar-refractivity contribution in [2.24, 2.45) is 0 Å². The minimum absolute atomic E-state index is 0.205. The summed E-state index contributed by atoms with van der Waals surface area (Å²) in [5.41, 5.74) is 3.21. The highest BCUT2D eigenvalue weighted by Gasteiger charge is 2.23. The lowest BCUT2D eigenvalue weighted by molar-refractivity contribution is -0.0818. The molecule has 0 saturated carbocycles. The fraction of sp³-hybridized carbons (Fsp3) is 0.529. The average Bonchev–Trinajstić information content (AvgIpc) is 2.76. The maximum absolute atomic E-state index is 13.3. The van der Waals surface area contributed by atoms with Crippen molar-refractivity contribution in [1.29, 1.82) is 0 Å². The molecule has 1 aliphatic heterocycles. The number of benzene rings is 1. The van der Waals surface area contributed by atoms with Crippen LogP contribution in [0.1, 0.15) is 31.0 Å². The highest BCUT2D eigenvalue weighted by atomic mass is 19.1. The number of nitrogens with one attached hydrogen (secondary N) is 1. The van der Waals surface area contributed by atoms with Gasteiger partial charge in [-0.2, -0.15) is 0 Å². The maximum atomic E-state index is 13.3. The Morgan fingerprint density at radius 2 is 2.24 bits per heavy atom. The van der Waals surface area contributed by atoms with Gasteiger partial charge >= 0.3 is 0 Å². The number of hydrogen-bond donors (Lipinski definition) is 1. The largest absolute Gasteiger partial charge is 0.376 e. The molecule has 0 aliphatic carbocycles. The normalized spacial score (nSPS) is 22.8. The van der Waals surface area contributed by atoms with Crippen LogP contribution in [0.5, 0.6) is 0 Å². The quantitative estimate of drug-likeness (QED) is 0.931. The molecule has 3 nitrogen and oxygen atoms in total. The van der Waals surface area contributed by atoms with Gasteiger partial charge in [-0.1, -0.05) is 0 Å². The van der Waals surface area contributed by atoms with Gasteiger partial charge in [0.25, 0.3) is 0 Å². The number of rotatable bonds is 4. The first-order valence-electron chi connectivity index (χ1n) is 7.67.